The summed E-state index contributed by atoms with van der Waals surface area (Å²) in [7, 11) is -4.02. The number of hydroxylamine groups is 1. The Labute approximate surface area is 154 Å². The van der Waals surface area contributed by atoms with Crippen molar-refractivity contribution in [1.29, 1.82) is 5.41 Å². The third kappa shape index (κ3) is 6.81. The van der Waals surface area contributed by atoms with Gasteiger partial charge in [-0.15, -0.1) is 0 Å². The molecule has 0 unspecified atom stereocenters. The summed E-state index contributed by atoms with van der Waals surface area (Å²) in [6.45, 7) is 1.84. The molecule has 8 N–H and O–H groups in total. The Morgan fingerprint density at radius 1 is 1.07 bits per heavy atom. The average molecular weight is 398 g/mol. The fraction of sp³-hybridized carbons (Fsp3) is 0.0667. The zero-order valence-electron chi connectivity index (χ0n) is 13.9. The molecule has 0 radical (unpaired) electrons. The zero-order chi connectivity index (χ0) is 20.6. The average Bonchev–Trinajstić information content (AvgIpc) is 2.61. The van der Waals surface area contributed by atoms with Crippen LogP contribution >= 0.6 is 0 Å². The van der Waals surface area contributed by atoms with E-state index in [1.54, 1.807) is 12.1 Å². The van der Waals surface area contributed by atoms with Crippen molar-refractivity contribution in [1.82, 2.24) is 10.9 Å². The lowest BCUT2D eigenvalue weighted by atomic mass is 10.2. The van der Waals surface area contributed by atoms with Crippen LogP contribution in [0, 0.1) is 12.3 Å². The molecule has 0 saturated carbocycles. The highest BCUT2D eigenvalue weighted by atomic mass is 32.2. The summed E-state index contributed by atoms with van der Waals surface area (Å²) in [4.78, 5) is -0.0666. The van der Waals surface area contributed by atoms with Crippen LogP contribution in [0.5, 0.6) is 17.2 Å². The molecule has 0 aliphatic rings. The minimum absolute atomic E-state index is 0.0666. The Morgan fingerprint density at radius 3 is 2.19 bits per heavy atom. The SMILES string of the molecule is Cc1ccc(S(=O)(=O)O)cc1.N=C(NO)NN=Cc1ccc(O)c(O)c1O. The van der Waals surface area contributed by atoms with E-state index in [1.807, 2.05) is 6.92 Å². The van der Waals surface area contributed by atoms with E-state index < -0.39 is 33.3 Å². The number of hydrogen-bond donors (Lipinski definition) is 8. The van der Waals surface area contributed by atoms with Gasteiger partial charge in [-0.1, -0.05) is 17.7 Å². The molecular weight excluding hydrogens is 380 g/mol. The van der Waals surface area contributed by atoms with Crippen LogP contribution in [-0.2, 0) is 10.1 Å². The van der Waals surface area contributed by atoms with Crippen molar-refractivity contribution >= 4 is 22.3 Å². The van der Waals surface area contributed by atoms with Crippen molar-refractivity contribution in [3.63, 3.8) is 0 Å². The second kappa shape index (κ2) is 9.38. The van der Waals surface area contributed by atoms with Gasteiger partial charge >= 0.3 is 0 Å². The Hall–Kier alpha value is -3.35. The van der Waals surface area contributed by atoms with Gasteiger partial charge < -0.3 is 15.3 Å². The van der Waals surface area contributed by atoms with Crippen LogP contribution in [0.15, 0.2) is 46.4 Å². The highest BCUT2D eigenvalue weighted by Gasteiger charge is 2.09. The monoisotopic (exact) mass is 398 g/mol. The number of phenols is 3. The van der Waals surface area contributed by atoms with Crippen LogP contribution in [0.25, 0.3) is 0 Å². The summed E-state index contributed by atoms with van der Waals surface area (Å²) < 4.78 is 29.6. The number of benzene rings is 2. The molecule has 2 aromatic carbocycles. The van der Waals surface area contributed by atoms with E-state index >= 15 is 0 Å². The van der Waals surface area contributed by atoms with Crippen LogP contribution in [0.4, 0.5) is 0 Å². The minimum Gasteiger partial charge on any atom is -0.504 e. The molecule has 0 aliphatic carbocycles. The first kappa shape index (κ1) is 21.7. The Balaban J connectivity index is 0.000000289. The largest absolute Gasteiger partial charge is 0.504 e. The van der Waals surface area contributed by atoms with Gasteiger partial charge in [0.15, 0.2) is 11.5 Å². The van der Waals surface area contributed by atoms with Gasteiger partial charge in [0.25, 0.3) is 10.1 Å². The maximum Gasteiger partial charge on any atom is 0.294 e. The molecule has 2 rings (SSSR count). The van der Waals surface area contributed by atoms with Gasteiger partial charge in [-0.25, -0.2) is 10.9 Å². The number of guanidine groups is 1. The van der Waals surface area contributed by atoms with E-state index in [1.165, 1.54) is 29.7 Å². The van der Waals surface area contributed by atoms with Gasteiger partial charge in [-0.2, -0.15) is 13.5 Å². The Bertz CT molecular complexity index is 928. The van der Waals surface area contributed by atoms with Crippen LogP contribution in [0.2, 0.25) is 0 Å². The van der Waals surface area contributed by atoms with E-state index in [0.717, 1.165) is 11.8 Å². The lowest BCUT2D eigenvalue weighted by Gasteiger charge is -2.03. The van der Waals surface area contributed by atoms with Crippen LogP contribution in [0.1, 0.15) is 11.1 Å². The fourth-order valence-corrected chi connectivity index (χ4v) is 2.07. The summed E-state index contributed by atoms with van der Waals surface area (Å²) in [6, 6.07) is 8.47. The second-order valence-electron chi connectivity index (χ2n) is 5.02. The summed E-state index contributed by atoms with van der Waals surface area (Å²) in [5.41, 5.74) is 4.66. The number of rotatable bonds is 3. The number of nitrogens with one attached hydrogen (secondary N) is 3. The van der Waals surface area contributed by atoms with Crippen LogP contribution in [0.3, 0.4) is 0 Å². The van der Waals surface area contributed by atoms with E-state index in [0.29, 0.717) is 0 Å². The van der Waals surface area contributed by atoms with Crippen molar-refractivity contribution in [2.75, 3.05) is 0 Å². The quantitative estimate of drug-likeness (QED) is 0.122. The summed E-state index contributed by atoms with van der Waals surface area (Å²) in [6.07, 6.45) is 1.10. The number of aryl methyl sites for hydroxylation is 1. The molecule has 0 saturated heterocycles. The number of phenolic OH excluding ortho intramolecular Hbond substituents is 3. The fourth-order valence-electron chi connectivity index (χ4n) is 1.59. The van der Waals surface area contributed by atoms with E-state index in [-0.39, 0.29) is 10.5 Å². The highest BCUT2D eigenvalue weighted by Crippen LogP contribution is 2.36. The molecule has 2 aromatic rings. The third-order valence-electron chi connectivity index (χ3n) is 2.97. The summed E-state index contributed by atoms with van der Waals surface area (Å²) >= 11 is 0. The number of hydrazone groups is 1. The molecule has 0 bridgehead atoms. The predicted octanol–water partition coefficient (Wildman–Crippen LogP) is 0.882. The topological polar surface area (TPSA) is 196 Å². The van der Waals surface area contributed by atoms with Gasteiger partial charge in [0, 0.05) is 5.56 Å². The number of hydrogen-bond acceptors (Lipinski definition) is 8. The zero-order valence-corrected chi connectivity index (χ0v) is 14.8. The first-order valence-corrected chi connectivity index (χ1v) is 8.56. The molecule has 0 atom stereocenters. The van der Waals surface area contributed by atoms with Crippen molar-refractivity contribution in [2.24, 2.45) is 5.10 Å². The smallest absolute Gasteiger partial charge is 0.294 e. The molecule has 12 heteroatoms. The van der Waals surface area contributed by atoms with E-state index in [2.05, 4.69) is 10.5 Å². The molecule has 0 heterocycles. The molecule has 0 aromatic heterocycles. The van der Waals surface area contributed by atoms with Gasteiger partial charge in [-0.3, -0.25) is 15.2 Å². The van der Waals surface area contributed by atoms with Crippen molar-refractivity contribution in [3.05, 3.63) is 47.5 Å². The number of nitrogens with zero attached hydrogens (tertiary/aromatic N) is 1. The molecule has 0 spiro atoms. The lowest BCUT2D eigenvalue weighted by Crippen LogP contribution is -2.30. The maximum absolute atomic E-state index is 10.5. The van der Waals surface area contributed by atoms with Gasteiger partial charge in [0.05, 0.1) is 11.1 Å². The summed E-state index contributed by atoms with van der Waals surface area (Å²) in [5, 5.41) is 46.1. The molecule has 0 aliphatic heterocycles. The summed E-state index contributed by atoms with van der Waals surface area (Å²) in [5.74, 6) is -2.10. The molecular formula is C15H18N4O7S. The van der Waals surface area contributed by atoms with Gasteiger partial charge in [0.1, 0.15) is 0 Å². The molecule has 0 amide bonds. The Morgan fingerprint density at radius 2 is 1.67 bits per heavy atom. The van der Waals surface area contributed by atoms with Crippen LogP contribution < -0.4 is 10.9 Å². The van der Waals surface area contributed by atoms with Gasteiger partial charge in [-0.05, 0) is 31.2 Å². The molecule has 11 nitrogen and oxygen atoms in total. The molecule has 0 fully saturated rings. The molecule has 27 heavy (non-hydrogen) atoms. The van der Waals surface area contributed by atoms with Crippen molar-refractivity contribution in [3.8, 4) is 17.2 Å². The number of aromatic hydroxyl groups is 3. The first-order chi connectivity index (χ1) is 12.6. The predicted molar refractivity (Wildman–Crippen MR) is 95.8 cm³/mol. The normalized spacial score (nSPS) is 10.8. The lowest BCUT2D eigenvalue weighted by molar-refractivity contribution is 0.228. The van der Waals surface area contributed by atoms with Gasteiger partial charge in [0.2, 0.25) is 11.7 Å². The Kier molecular flexibility index (Phi) is 7.53. The van der Waals surface area contributed by atoms with E-state index in [4.69, 9.17) is 25.4 Å². The van der Waals surface area contributed by atoms with Crippen molar-refractivity contribution < 1.29 is 33.5 Å². The maximum atomic E-state index is 10.5. The van der Waals surface area contributed by atoms with Crippen LogP contribution in [-0.4, -0.2) is 45.7 Å². The minimum atomic E-state index is -4.02. The van der Waals surface area contributed by atoms with E-state index in [9.17, 15) is 13.5 Å². The standard InChI is InChI=1S/C8H10N4O4.C7H8O3S/c9-8(12-16)11-10-3-4-1-2-5(13)7(15)6(4)14;1-6-2-4-7(5-3-6)11(8,9)10/h1-3,13-16H,(H3,9,11,12);2-5H,1H3,(H,8,9,10). The first-order valence-electron chi connectivity index (χ1n) is 7.12. The molecule has 146 valence electrons. The highest BCUT2D eigenvalue weighted by molar-refractivity contribution is 7.85. The second-order valence-corrected chi connectivity index (χ2v) is 6.44. The van der Waals surface area contributed by atoms with Crippen molar-refractivity contribution in [2.45, 2.75) is 11.8 Å². The third-order valence-corrected chi connectivity index (χ3v) is 3.84.